The Morgan fingerprint density at radius 2 is 1.68 bits per heavy atom. The Balaban J connectivity index is 1.71. The molecule has 1 saturated heterocycles. The van der Waals surface area contributed by atoms with Crippen LogP contribution in [-0.4, -0.2) is 88.7 Å². The summed E-state index contributed by atoms with van der Waals surface area (Å²) >= 11 is 6.32. The maximum absolute atomic E-state index is 12.8. The number of hydrogen-bond acceptors (Lipinski definition) is 9. The van der Waals surface area contributed by atoms with Gasteiger partial charge in [-0.15, -0.1) is 0 Å². The summed E-state index contributed by atoms with van der Waals surface area (Å²) in [6.45, 7) is 6.49. The second kappa shape index (κ2) is 14.1. The van der Waals surface area contributed by atoms with Crippen LogP contribution in [0.3, 0.4) is 0 Å². The molecule has 0 spiro atoms. The van der Waals surface area contributed by atoms with Crippen molar-refractivity contribution >= 4 is 35.3 Å². The first kappa shape index (κ1) is 30.8. The third kappa shape index (κ3) is 8.90. The molecule has 12 heteroatoms. The fourth-order valence-electron chi connectivity index (χ4n) is 4.05. The molecule has 0 radical (unpaired) electrons. The standard InChI is InChI=1S/C28H36ClN3O8/c1-28(2,3)40-27(37)32-13-11-31(12-14-32)23(35)18-39-30-19-10-8-6-4-5-7-9-15-38-26(36)24-20(16-19)25(29)22(34)17-21(24)33/h5,7-8,10,17,33-34H,4,6,9,11-16,18H2,1-3H3. The lowest BCUT2D eigenvalue weighted by atomic mass is 9.99. The molecule has 2 N–H and O–H groups in total. The van der Waals surface area contributed by atoms with Gasteiger partial charge < -0.3 is 34.3 Å². The van der Waals surface area contributed by atoms with Gasteiger partial charge in [-0.1, -0.05) is 35.0 Å². The molecule has 0 bridgehead atoms. The summed E-state index contributed by atoms with van der Waals surface area (Å²) in [6, 6.07) is 0.982. The van der Waals surface area contributed by atoms with Crippen LogP contribution in [-0.2, 0) is 25.5 Å². The van der Waals surface area contributed by atoms with Crippen LogP contribution in [0.2, 0.25) is 5.02 Å². The van der Waals surface area contributed by atoms with Gasteiger partial charge in [0.15, 0.2) is 6.61 Å². The van der Waals surface area contributed by atoms with E-state index >= 15 is 0 Å². The van der Waals surface area contributed by atoms with Crippen LogP contribution in [0.25, 0.3) is 0 Å². The number of amides is 2. The second-order valence-corrected chi connectivity index (χ2v) is 10.7. The van der Waals surface area contributed by atoms with Crippen molar-refractivity contribution in [2.45, 2.75) is 52.1 Å². The first-order valence-corrected chi connectivity index (χ1v) is 13.5. The first-order valence-electron chi connectivity index (χ1n) is 13.1. The van der Waals surface area contributed by atoms with Gasteiger partial charge in [-0.05, 0) is 51.7 Å². The number of rotatable bonds is 3. The van der Waals surface area contributed by atoms with E-state index in [0.717, 1.165) is 12.5 Å². The lowest BCUT2D eigenvalue weighted by Gasteiger charge is -2.35. The van der Waals surface area contributed by atoms with Gasteiger partial charge in [0.25, 0.3) is 5.91 Å². The molecule has 11 nitrogen and oxygen atoms in total. The summed E-state index contributed by atoms with van der Waals surface area (Å²) in [5.74, 6) is -1.97. The predicted molar refractivity (Wildman–Crippen MR) is 149 cm³/mol. The molecule has 0 saturated carbocycles. The highest BCUT2D eigenvalue weighted by molar-refractivity contribution is 6.33. The summed E-state index contributed by atoms with van der Waals surface area (Å²) < 4.78 is 10.7. The van der Waals surface area contributed by atoms with Gasteiger partial charge >= 0.3 is 12.1 Å². The average Bonchev–Trinajstić information content (AvgIpc) is 2.88. The molecule has 1 fully saturated rings. The molecule has 2 amide bonds. The normalized spacial score (nSPS) is 18.1. The number of piperazine rings is 1. The summed E-state index contributed by atoms with van der Waals surface area (Å²) in [6.07, 6.45) is 8.88. The topological polar surface area (TPSA) is 138 Å². The van der Waals surface area contributed by atoms with Crippen molar-refractivity contribution in [3.63, 3.8) is 0 Å². The Morgan fingerprint density at radius 1 is 1.02 bits per heavy atom. The number of phenolic OH excluding ortho intramolecular Hbond substituents is 2. The van der Waals surface area contributed by atoms with Gasteiger partial charge in [-0.2, -0.15) is 0 Å². The number of cyclic esters (lactones) is 1. The van der Waals surface area contributed by atoms with E-state index in [4.69, 9.17) is 25.9 Å². The van der Waals surface area contributed by atoms with Crippen LogP contribution in [0.1, 0.15) is 56.0 Å². The molecule has 1 aromatic carbocycles. The van der Waals surface area contributed by atoms with Crippen molar-refractivity contribution in [1.82, 2.24) is 9.80 Å². The number of carbonyl (C=O) groups excluding carboxylic acids is 3. The smallest absolute Gasteiger partial charge is 0.410 e. The number of benzene rings is 1. The number of fused-ring (bicyclic) bond motifs is 1. The van der Waals surface area contributed by atoms with Crippen LogP contribution in [0, 0.1) is 0 Å². The number of allylic oxidation sites excluding steroid dienone is 3. The minimum atomic E-state index is -0.787. The predicted octanol–water partition coefficient (Wildman–Crippen LogP) is 4.20. The number of carbonyl (C=O) groups is 3. The molecule has 0 atom stereocenters. The Labute approximate surface area is 238 Å². The molecule has 2 aliphatic rings. The zero-order chi connectivity index (χ0) is 29.3. The van der Waals surface area contributed by atoms with Gasteiger partial charge in [0.2, 0.25) is 0 Å². The molecule has 218 valence electrons. The van der Waals surface area contributed by atoms with Gasteiger partial charge in [-0.3, -0.25) is 4.79 Å². The third-order valence-electron chi connectivity index (χ3n) is 6.03. The van der Waals surface area contributed by atoms with Crippen LogP contribution in [0.5, 0.6) is 11.5 Å². The molecule has 1 aromatic rings. The lowest BCUT2D eigenvalue weighted by Crippen LogP contribution is -2.52. The van der Waals surface area contributed by atoms with E-state index in [1.165, 1.54) is 0 Å². The molecule has 2 heterocycles. The van der Waals surface area contributed by atoms with Gasteiger partial charge in [0.1, 0.15) is 22.7 Å². The number of aromatic hydroxyl groups is 2. The van der Waals surface area contributed by atoms with Crippen LogP contribution in [0.4, 0.5) is 4.79 Å². The number of oxime groups is 1. The summed E-state index contributed by atoms with van der Waals surface area (Å²) in [5.41, 5.74) is -0.349. The van der Waals surface area contributed by atoms with Crippen molar-refractivity contribution in [1.29, 1.82) is 0 Å². The molecule has 0 aliphatic carbocycles. The fraction of sp³-hybridized carbons (Fsp3) is 0.500. The maximum Gasteiger partial charge on any atom is 0.410 e. The molecule has 3 rings (SSSR count). The SMILES string of the molecule is CC(C)(C)OC(=O)N1CCN(C(=O)CON=C2C=CCCC=CCCOC(=O)c3c(O)cc(O)c(Cl)c3C2)CC1. The van der Waals surface area contributed by atoms with Gasteiger partial charge in [-0.25, -0.2) is 9.59 Å². The van der Waals surface area contributed by atoms with E-state index in [-0.39, 0.29) is 41.7 Å². The number of ether oxygens (including phenoxy) is 2. The number of nitrogens with zero attached hydrogens (tertiary/aromatic N) is 3. The van der Waals surface area contributed by atoms with E-state index in [2.05, 4.69) is 5.16 Å². The van der Waals surface area contributed by atoms with E-state index in [0.29, 0.717) is 44.7 Å². The molecule has 2 aliphatic heterocycles. The zero-order valence-corrected chi connectivity index (χ0v) is 23.8. The largest absolute Gasteiger partial charge is 0.507 e. The minimum absolute atomic E-state index is 0.0830. The van der Waals surface area contributed by atoms with E-state index in [9.17, 15) is 24.6 Å². The van der Waals surface area contributed by atoms with E-state index in [1.807, 2.05) is 18.2 Å². The Bertz CT molecular complexity index is 1180. The summed E-state index contributed by atoms with van der Waals surface area (Å²) in [5, 5.41) is 24.6. The number of hydrogen-bond donors (Lipinski definition) is 2. The number of halogens is 1. The molecular formula is C28H36ClN3O8. The van der Waals surface area contributed by atoms with E-state index in [1.54, 1.807) is 36.6 Å². The fourth-order valence-corrected chi connectivity index (χ4v) is 4.26. The third-order valence-corrected chi connectivity index (χ3v) is 6.45. The highest BCUT2D eigenvalue weighted by atomic mass is 35.5. The van der Waals surface area contributed by atoms with Crippen molar-refractivity contribution in [2.24, 2.45) is 5.16 Å². The summed E-state index contributed by atoms with van der Waals surface area (Å²) in [4.78, 5) is 46.3. The lowest BCUT2D eigenvalue weighted by molar-refractivity contribution is -0.137. The maximum atomic E-state index is 12.8. The molecular weight excluding hydrogens is 542 g/mol. The Kier molecular flexibility index (Phi) is 10.8. The summed E-state index contributed by atoms with van der Waals surface area (Å²) in [7, 11) is 0. The molecule has 0 unspecified atom stereocenters. The van der Waals surface area contributed by atoms with Gasteiger partial charge in [0, 0.05) is 38.7 Å². The van der Waals surface area contributed by atoms with Crippen molar-refractivity contribution in [3.8, 4) is 11.5 Å². The highest BCUT2D eigenvalue weighted by Crippen LogP contribution is 2.37. The van der Waals surface area contributed by atoms with Crippen molar-refractivity contribution in [3.05, 3.63) is 46.5 Å². The monoisotopic (exact) mass is 577 g/mol. The van der Waals surface area contributed by atoms with Crippen molar-refractivity contribution in [2.75, 3.05) is 39.4 Å². The zero-order valence-electron chi connectivity index (χ0n) is 23.0. The Morgan fingerprint density at radius 3 is 2.38 bits per heavy atom. The van der Waals surface area contributed by atoms with Gasteiger partial charge in [0.05, 0.1) is 17.3 Å². The van der Waals surface area contributed by atoms with E-state index < -0.39 is 29.2 Å². The number of phenols is 2. The first-order chi connectivity index (χ1) is 19.0. The number of esters is 1. The van der Waals surface area contributed by atoms with Crippen LogP contribution in [0.15, 0.2) is 35.5 Å². The molecule has 40 heavy (non-hydrogen) atoms. The quantitative estimate of drug-likeness (QED) is 0.310. The van der Waals surface area contributed by atoms with Crippen LogP contribution < -0.4 is 0 Å². The average molecular weight is 578 g/mol. The second-order valence-electron chi connectivity index (χ2n) is 10.3. The van der Waals surface area contributed by atoms with Crippen molar-refractivity contribution < 1.29 is 38.9 Å². The van der Waals surface area contributed by atoms with Crippen LogP contribution >= 0.6 is 11.6 Å². The minimum Gasteiger partial charge on any atom is -0.507 e. The highest BCUT2D eigenvalue weighted by Gasteiger charge is 2.28. The molecule has 0 aromatic heterocycles. The Hall–Kier alpha value is -3.73.